The normalized spacial score (nSPS) is 12.8. The number of halogens is 1. The average Bonchev–Trinajstić information content (AvgIpc) is 2.35. The van der Waals surface area contributed by atoms with Crippen LogP contribution in [0, 0.1) is 0 Å². The maximum Gasteiger partial charge on any atom is 0.197 e. The zero-order valence-corrected chi connectivity index (χ0v) is 14.2. The van der Waals surface area contributed by atoms with Gasteiger partial charge >= 0.3 is 0 Å². The van der Waals surface area contributed by atoms with E-state index in [-0.39, 0.29) is 29.8 Å². The monoisotopic (exact) mass is 385 g/mol. The van der Waals surface area contributed by atoms with E-state index in [1.807, 2.05) is 57.5 Å². The lowest BCUT2D eigenvalue weighted by Gasteiger charge is -2.26. The van der Waals surface area contributed by atoms with Gasteiger partial charge in [-0.25, -0.2) is 0 Å². The molecule has 0 radical (unpaired) electrons. The van der Waals surface area contributed by atoms with Crippen LogP contribution in [-0.2, 0) is 0 Å². The molecule has 0 heterocycles. The maximum absolute atomic E-state index is 12.2. The molecule has 0 saturated carbocycles. The van der Waals surface area contributed by atoms with Crippen LogP contribution in [0.2, 0.25) is 0 Å². The zero-order valence-electron chi connectivity index (χ0n) is 12.0. The molecule has 20 heavy (non-hydrogen) atoms. The topological polar surface area (TPSA) is 37.3 Å². The molecule has 0 spiro atoms. The minimum atomic E-state index is -0.957. The van der Waals surface area contributed by atoms with E-state index in [4.69, 9.17) is 0 Å². The van der Waals surface area contributed by atoms with Crippen molar-refractivity contribution in [3.63, 3.8) is 0 Å². The van der Waals surface area contributed by atoms with Crippen molar-refractivity contribution in [1.82, 2.24) is 0 Å². The van der Waals surface area contributed by atoms with Gasteiger partial charge in [-0.3, -0.25) is 4.79 Å². The highest BCUT2D eigenvalue weighted by Crippen LogP contribution is 2.17. The minimum Gasteiger partial charge on any atom is -1.00 e. The van der Waals surface area contributed by atoms with E-state index in [0.717, 1.165) is 10.8 Å². The number of likely N-dealkylation sites (N-methyl/N-ethyl adjacent to an activating group) is 1. The van der Waals surface area contributed by atoms with Crippen LogP contribution in [0.4, 0.5) is 0 Å². The van der Waals surface area contributed by atoms with E-state index >= 15 is 0 Å². The standard InChI is InChI=1S/C16H20NO2.HI/c1-17(2,3)11-15(18)16(19)14-9-8-12-6-4-5-7-13(12)10-14;/h4-10,15,18H,11H2,1-3H3;1H/q+1;/p-1. The van der Waals surface area contributed by atoms with Crippen molar-refractivity contribution in [3.05, 3.63) is 48.0 Å². The summed E-state index contributed by atoms with van der Waals surface area (Å²) in [5.41, 5.74) is 0.569. The van der Waals surface area contributed by atoms with Crippen LogP contribution in [0.15, 0.2) is 42.5 Å². The smallest absolute Gasteiger partial charge is 0.197 e. The van der Waals surface area contributed by atoms with E-state index in [1.165, 1.54) is 0 Å². The number of hydrogen-bond donors (Lipinski definition) is 1. The van der Waals surface area contributed by atoms with Crippen molar-refractivity contribution in [1.29, 1.82) is 0 Å². The van der Waals surface area contributed by atoms with Crippen molar-refractivity contribution in [2.24, 2.45) is 0 Å². The number of aliphatic hydroxyl groups excluding tert-OH is 1. The van der Waals surface area contributed by atoms with Crippen molar-refractivity contribution in [2.45, 2.75) is 6.10 Å². The first-order chi connectivity index (χ1) is 8.87. The summed E-state index contributed by atoms with van der Waals surface area (Å²) < 4.78 is 0.556. The van der Waals surface area contributed by atoms with Crippen molar-refractivity contribution in [3.8, 4) is 0 Å². The van der Waals surface area contributed by atoms with Crippen LogP contribution >= 0.6 is 0 Å². The Morgan fingerprint density at radius 2 is 1.70 bits per heavy atom. The van der Waals surface area contributed by atoms with Crippen LogP contribution < -0.4 is 24.0 Å². The first-order valence-electron chi connectivity index (χ1n) is 6.38. The summed E-state index contributed by atoms with van der Waals surface area (Å²) in [5.74, 6) is -0.209. The first-order valence-corrected chi connectivity index (χ1v) is 6.38. The van der Waals surface area contributed by atoms with Crippen molar-refractivity contribution < 1.29 is 38.4 Å². The fourth-order valence-corrected chi connectivity index (χ4v) is 2.14. The lowest BCUT2D eigenvalue weighted by Crippen LogP contribution is -3.00. The molecular weight excluding hydrogens is 365 g/mol. The Morgan fingerprint density at radius 1 is 1.10 bits per heavy atom. The molecule has 2 aromatic carbocycles. The first kappa shape index (κ1) is 17.1. The molecule has 0 fully saturated rings. The molecule has 0 bridgehead atoms. The molecule has 0 amide bonds. The molecule has 1 atom stereocenters. The maximum atomic E-state index is 12.2. The number of aliphatic hydroxyl groups is 1. The molecular formula is C16H20INO2. The Balaban J connectivity index is 0.00000200. The molecule has 3 nitrogen and oxygen atoms in total. The largest absolute Gasteiger partial charge is 1.00 e. The van der Waals surface area contributed by atoms with Gasteiger partial charge in [0.2, 0.25) is 0 Å². The average molecular weight is 385 g/mol. The highest BCUT2D eigenvalue weighted by Gasteiger charge is 2.23. The molecule has 0 saturated heterocycles. The number of Topliss-reactive ketones (excluding diaryl/α,β-unsaturated/α-hetero) is 1. The van der Waals surface area contributed by atoms with E-state index in [1.54, 1.807) is 6.07 Å². The minimum absolute atomic E-state index is 0. The Labute approximate surface area is 136 Å². The Bertz CT molecular complexity index is 605. The second-order valence-corrected chi connectivity index (χ2v) is 5.91. The van der Waals surface area contributed by atoms with Crippen LogP contribution in [0.25, 0.3) is 10.8 Å². The molecule has 0 aliphatic carbocycles. The summed E-state index contributed by atoms with van der Waals surface area (Å²) in [6.07, 6.45) is -0.957. The summed E-state index contributed by atoms with van der Waals surface area (Å²) in [5, 5.41) is 12.1. The third-order valence-corrected chi connectivity index (χ3v) is 3.06. The summed E-state index contributed by atoms with van der Waals surface area (Å²) in [7, 11) is 5.87. The van der Waals surface area contributed by atoms with E-state index in [2.05, 4.69) is 0 Å². The highest BCUT2D eigenvalue weighted by molar-refractivity contribution is 6.02. The molecule has 2 aromatic rings. The van der Waals surface area contributed by atoms with Crippen molar-refractivity contribution in [2.75, 3.05) is 27.7 Å². The van der Waals surface area contributed by atoms with E-state index < -0.39 is 6.10 Å². The predicted octanol–water partition coefficient (Wildman–Crippen LogP) is -0.906. The number of carbonyl (C=O) groups excluding carboxylic acids is 1. The van der Waals surface area contributed by atoms with E-state index in [0.29, 0.717) is 16.6 Å². The van der Waals surface area contributed by atoms with Gasteiger partial charge in [-0.05, 0) is 16.8 Å². The van der Waals surface area contributed by atoms with Gasteiger partial charge in [-0.15, -0.1) is 0 Å². The fourth-order valence-electron chi connectivity index (χ4n) is 2.14. The Kier molecular flexibility index (Phi) is 5.68. The molecule has 0 aliphatic rings. The number of fused-ring (bicyclic) bond motifs is 1. The van der Waals surface area contributed by atoms with Gasteiger partial charge in [0.15, 0.2) is 11.9 Å². The molecule has 0 aromatic heterocycles. The van der Waals surface area contributed by atoms with Gasteiger partial charge in [-0.1, -0.05) is 36.4 Å². The summed E-state index contributed by atoms with van der Waals surface area (Å²) in [4.78, 5) is 12.2. The predicted molar refractivity (Wildman–Crippen MR) is 77.2 cm³/mol. The molecule has 4 heteroatoms. The molecule has 1 N–H and O–H groups in total. The lowest BCUT2D eigenvalue weighted by atomic mass is 10.0. The lowest BCUT2D eigenvalue weighted by molar-refractivity contribution is -0.872. The summed E-state index contributed by atoms with van der Waals surface area (Å²) in [6, 6.07) is 13.4. The zero-order chi connectivity index (χ0) is 14.0. The number of nitrogens with zero attached hydrogens (tertiary/aromatic N) is 1. The van der Waals surface area contributed by atoms with Gasteiger partial charge in [0.25, 0.3) is 0 Å². The second kappa shape index (κ2) is 6.65. The van der Waals surface area contributed by atoms with Crippen LogP contribution in [-0.4, -0.2) is 49.2 Å². The van der Waals surface area contributed by atoms with E-state index in [9.17, 15) is 9.90 Å². The van der Waals surface area contributed by atoms with Crippen LogP contribution in [0.3, 0.4) is 0 Å². The summed E-state index contributed by atoms with van der Waals surface area (Å²) >= 11 is 0. The van der Waals surface area contributed by atoms with Gasteiger partial charge in [0.1, 0.15) is 6.54 Å². The Hall–Kier alpha value is -0.980. The molecule has 1 unspecified atom stereocenters. The fraction of sp³-hybridized carbons (Fsp3) is 0.312. The van der Waals surface area contributed by atoms with Gasteiger partial charge < -0.3 is 33.6 Å². The molecule has 2 rings (SSSR count). The third-order valence-electron chi connectivity index (χ3n) is 3.06. The number of rotatable bonds is 4. The second-order valence-electron chi connectivity index (χ2n) is 5.91. The number of benzene rings is 2. The van der Waals surface area contributed by atoms with Gasteiger partial charge in [0, 0.05) is 5.56 Å². The molecule has 108 valence electrons. The number of ketones is 1. The molecule has 0 aliphatic heterocycles. The Morgan fingerprint density at radius 3 is 2.30 bits per heavy atom. The van der Waals surface area contributed by atoms with Gasteiger partial charge in [-0.2, -0.15) is 0 Å². The quantitative estimate of drug-likeness (QED) is 0.421. The summed E-state index contributed by atoms with van der Waals surface area (Å²) in [6.45, 7) is 0.408. The third kappa shape index (κ3) is 4.26. The van der Waals surface area contributed by atoms with Gasteiger partial charge in [0.05, 0.1) is 21.1 Å². The number of quaternary nitrogens is 1. The van der Waals surface area contributed by atoms with Crippen molar-refractivity contribution >= 4 is 16.6 Å². The SMILES string of the molecule is C[N+](C)(C)CC(O)C(=O)c1ccc2ccccc2c1.[I-]. The number of hydrogen-bond acceptors (Lipinski definition) is 2. The van der Waals surface area contributed by atoms with Crippen LogP contribution in [0.1, 0.15) is 10.4 Å². The van der Waals surface area contributed by atoms with Crippen LogP contribution in [0.5, 0.6) is 0 Å². The number of carbonyl (C=O) groups is 1. The highest BCUT2D eigenvalue weighted by atomic mass is 127.